The summed E-state index contributed by atoms with van der Waals surface area (Å²) >= 11 is 0. The van der Waals surface area contributed by atoms with E-state index in [4.69, 9.17) is 14.5 Å². The van der Waals surface area contributed by atoms with Crippen LogP contribution >= 0.6 is 24.0 Å². The molecule has 1 aliphatic heterocycles. The fraction of sp³-hybridized carbons (Fsp3) is 0.588. The summed E-state index contributed by atoms with van der Waals surface area (Å²) < 4.78 is 10.8. The summed E-state index contributed by atoms with van der Waals surface area (Å²) in [7, 11) is 3.78. The van der Waals surface area contributed by atoms with E-state index in [-0.39, 0.29) is 24.0 Å². The molecule has 1 unspecified atom stereocenters. The third-order valence-corrected chi connectivity index (χ3v) is 3.84. The molecule has 1 atom stereocenters. The molecule has 1 saturated heterocycles. The molecule has 1 heterocycles. The highest BCUT2D eigenvalue weighted by molar-refractivity contribution is 14.0. The lowest BCUT2D eigenvalue weighted by Gasteiger charge is -2.24. The summed E-state index contributed by atoms with van der Waals surface area (Å²) in [6.45, 7) is 6.26. The summed E-state index contributed by atoms with van der Waals surface area (Å²) in [4.78, 5) is 6.94. The van der Waals surface area contributed by atoms with Crippen molar-refractivity contribution in [2.24, 2.45) is 10.9 Å². The molecule has 0 spiro atoms. The molecule has 2 rings (SSSR count). The van der Waals surface area contributed by atoms with Crippen molar-refractivity contribution in [3.05, 3.63) is 29.8 Å². The van der Waals surface area contributed by atoms with E-state index >= 15 is 0 Å². The van der Waals surface area contributed by atoms with Gasteiger partial charge in [0.05, 0.1) is 20.3 Å². The lowest BCUT2D eigenvalue weighted by Crippen LogP contribution is -2.41. The quantitative estimate of drug-likeness (QED) is 0.426. The predicted molar refractivity (Wildman–Crippen MR) is 105 cm³/mol. The number of ether oxygens (including phenoxy) is 2. The molecule has 0 radical (unpaired) electrons. The van der Waals surface area contributed by atoms with Crippen LogP contribution in [-0.4, -0.2) is 51.3 Å². The zero-order chi connectivity index (χ0) is 15.8. The van der Waals surface area contributed by atoms with Crippen LogP contribution in [0.2, 0.25) is 0 Å². The molecular formula is C17H28IN3O2. The van der Waals surface area contributed by atoms with Gasteiger partial charge in [0, 0.05) is 38.2 Å². The van der Waals surface area contributed by atoms with Gasteiger partial charge in [-0.05, 0) is 19.4 Å². The molecular weight excluding hydrogens is 405 g/mol. The van der Waals surface area contributed by atoms with E-state index in [1.807, 2.05) is 18.2 Å². The SMILES string of the molecule is CCNC(=NCc1ccccc1OC)N(C)CC1CCOC1.I. The molecule has 6 heteroatoms. The van der Waals surface area contributed by atoms with E-state index in [1.54, 1.807) is 7.11 Å². The largest absolute Gasteiger partial charge is 0.496 e. The third-order valence-electron chi connectivity index (χ3n) is 3.84. The maximum absolute atomic E-state index is 5.45. The van der Waals surface area contributed by atoms with Crippen molar-refractivity contribution >= 4 is 29.9 Å². The topological polar surface area (TPSA) is 46.1 Å². The van der Waals surface area contributed by atoms with E-state index in [2.05, 4.69) is 30.3 Å². The fourth-order valence-corrected chi connectivity index (χ4v) is 2.66. The van der Waals surface area contributed by atoms with Crippen LogP contribution in [0.15, 0.2) is 29.3 Å². The molecule has 0 saturated carbocycles. The fourth-order valence-electron chi connectivity index (χ4n) is 2.66. The van der Waals surface area contributed by atoms with Crippen molar-refractivity contribution in [2.75, 3.05) is 40.5 Å². The summed E-state index contributed by atoms with van der Waals surface area (Å²) in [6, 6.07) is 8.01. The van der Waals surface area contributed by atoms with Gasteiger partial charge in [-0.2, -0.15) is 0 Å². The van der Waals surface area contributed by atoms with Gasteiger partial charge in [-0.1, -0.05) is 18.2 Å². The Morgan fingerprint density at radius 2 is 2.22 bits per heavy atom. The molecule has 1 aliphatic rings. The number of nitrogens with zero attached hydrogens (tertiary/aromatic N) is 2. The normalized spacial score (nSPS) is 17.5. The summed E-state index contributed by atoms with van der Waals surface area (Å²) in [5.41, 5.74) is 1.10. The van der Waals surface area contributed by atoms with Crippen LogP contribution in [0, 0.1) is 5.92 Å². The van der Waals surface area contributed by atoms with E-state index in [1.165, 1.54) is 0 Å². The first-order valence-electron chi connectivity index (χ1n) is 7.93. The Labute approximate surface area is 156 Å². The van der Waals surface area contributed by atoms with Crippen LogP contribution in [-0.2, 0) is 11.3 Å². The number of para-hydroxylation sites is 1. The van der Waals surface area contributed by atoms with Crippen molar-refractivity contribution in [1.29, 1.82) is 0 Å². The van der Waals surface area contributed by atoms with Crippen molar-refractivity contribution in [2.45, 2.75) is 19.9 Å². The summed E-state index contributed by atoms with van der Waals surface area (Å²) in [6.07, 6.45) is 1.14. The van der Waals surface area contributed by atoms with Crippen LogP contribution in [0.25, 0.3) is 0 Å². The van der Waals surface area contributed by atoms with Crippen LogP contribution in [0.5, 0.6) is 5.75 Å². The zero-order valence-corrected chi connectivity index (χ0v) is 16.6. The number of halogens is 1. The molecule has 0 bridgehead atoms. The van der Waals surface area contributed by atoms with Crippen LogP contribution in [0.1, 0.15) is 18.9 Å². The van der Waals surface area contributed by atoms with Gasteiger partial charge in [0.15, 0.2) is 5.96 Å². The molecule has 5 nitrogen and oxygen atoms in total. The molecule has 0 amide bonds. The van der Waals surface area contributed by atoms with Crippen molar-refractivity contribution < 1.29 is 9.47 Å². The molecule has 23 heavy (non-hydrogen) atoms. The first-order chi connectivity index (χ1) is 10.7. The van der Waals surface area contributed by atoms with Crippen molar-refractivity contribution in [1.82, 2.24) is 10.2 Å². The standard InChI is InChI=1S/C17H27N3O2.HI/c1-4-18-17(20(2)12-14-9-10-22-13-14)19-11-15-7-5-6-8-16(15)21-3;/h5-8,14H,4,9-13H2,1-3H3,(H,18,19);1H. The zero-order valence-electron chi connectivity index (χ0n) is 14.2. The Hall–Kier alpha value is -1.02. The van der Waals surface area contributed by atoms with Gasteiger partial charge in [-0.3, -0.25) is 0 Å². The van der Waals surface area contributed by atoms with E-state index in [0.29, 0.717) is 12.5 Å². The van der Waals surface area contributed by atoms with Gasteiger partial charge >= 0.3 is 0 Å². The number of nitrogens with one attached hydrogen (secondary N) is 1. The minimum Gasteiger partial charge on any atom is -0.496 e. The lowest BCUT2D eigenvalue weighted by atomic mass is 10.1. The van der Waals surface area contributed by atoms with E-state index in [0.717, 1.165) is 50.0 Å². The Bertz CT molecular complexity index is 490. The van der Waals surface area contributed by atoms with Gasteiger partial charge in [0.25, 0.3) is 0 Å². The van der Waals surface area contributed by atoms with E-state index in [9.17, 15) is 0 Å². The molecule has 1 aromatic carbocycles. The second-order valence-electron chi connectivity index (χ2n) is 5.59. The van der Waals surface area contributed by atoms with Gasteiger partial charge in [-0.15, -0.1) is 24.0 Å². The van der Waals surface area contributed by atoms with Gasteiger partial charge < -0.3 is 19.7 Å². The molecule has 0 aromatic heterocycles. The highest BCUT2D eigenvalue weighted by Gasteiger charge is 2.19. The minimum absolute atomic E-state index is 0. The second kappa shape index (κ2) is 10.7. The molecule has 0 aliphatic carbocycles. The number of hydrogen-bond donors (Lipinski definition) is 1. The van der Waals surface area contributed by atoms with Crippen LogP contribution in [0.3, 0.4) is 0 Å². The number of hydrogen-bond acceptors (Lipinski definition) is 3. The Morgan fingerprint density at radius 1 is 1.43 bits per heavy atom. The van der Waals surface area contributed by atoms with Crippen molar-refractivity contribution in [3.63, 3.8) is 0 Å². The first-order valence-corrected chi connectivity index (χ1v) is 7.93. The van der Waals surface area contributed by atoms with Crippen LogP contribution < -0.4 is 10.1 Å². The molecule has 130 valence electrons. The van der Waals surface area contributed by atoms with Gasteiger partial charge in [0.2, 0.25) is 0 Å². The highest BCUT2D eigenvalue weighted by Crippen LogP contribution is 2.18. The Morgan fingerprint density at radius 3 is 2.87 bits per heavy atom. The van der Waals surface area contributed by atoms with Gasteiger partial charge in [0.1, 0.15) is 5.75 Å². The van der Waals surface area contributed by atoms with Crippen molar-refractivity contribution in [3.8, 4) is 5.75 Å². The molecule has 1 fully saturated rings. The maximum atomic E-state index is 5.45. The highest BCUT2D eigenvalue weighted by atomic mass is 127. The Kier molecular flexibility index (Phi) is 9.31. The second-order valence-corrected chi connectivity index (χ2v) is 5.59. The molecule has 1 N–H and O–H groups in total. The van der Waals surface area contributed by atoms with E-state index < -0.39 is 0 Å². The van der Waals surface area contributed by atoms with Gasteiger partial charge in [-0.25, -0.2) is 4.99 Å². The number of guanidine groups is 1. The lowest BCUT2D eigenvalue weighted by molar-refractivity contribution is 0.181. The van der Waals surface area contributed by atoms with Crippen LogP contribution in [0.4, 0.5) is 0 Å². The number of benzene rings is 1. The average molecular weight is 433 g/mol. The average Bonchev–Trinajstić information content (AvgIpc) is 3.04. The number of rotatable bonds is 6. The third kappa shape index (κ3) is 6.18. The summed E-state index contributed by atoms with van der Waals surface area (Å²) in [5, 5.41) is 3.36. The molecule has 1 aromatic rings. The Balaban J connectivity index is 0.00000264. The first kappa shape index (κ1) is 20.0. The summed E-state index contributed by atoms with van der Waals surface area (Å²) in [5.74, 6) is 2.41. The smallest absolute Gasteiger partial charge is 0.193 e. The minimum atomic E-state index is 0. The maximum Gasteiger partial charge on any atom is 0.193 e. The predicted octanol–water partition coefficient (Wildman–Crippen LogP) is 2.75. The number of methoxy groups -OCH3 is 1. The number of aliphatic imine (C=N–C) groups is 1. The monoisotopic (exact) mass is 433 g/mol.